The van der Waals surface area contributed by atoms with Crippen LogP contribution >= 0.6 is 11.6 Å². The third kappa shape index (κ3) is 3.83. The summed E-state index contributed by atoms with van der Waals surface area (Å²) in [6, 6.07) is 10.9. The Morgan fingerprint density at radius 2 is 1.96 bits per heavy atom. The second-order valence-corrected chi connectivity index (χ2v) is 6.44. The van der Waals surface area contributed by atoms with Crippen LogP contribution in [0.1, 0.15) is 30.0 Å². The number of phenolic OH excluding ortho intramolecular Hbond substituents is 1. The molecule has 8 heteroatoms. The lowest BCUT2D eigenvalue weighted by Gasteiger charge is -2.21. The molecule has 0 aliphatic rings. The molecule has 0 aliphatic carbocycles. The van der Waals surface area contributed by atoms with Gasteiger partial charge in [-0.15, -0.1) is 10.2 Å². The maximum absolute atomic E-state index is 10.2. The number of aromatic nitrogens is 2. The molecular weight excluding hydrogens is 380 g/mol. The Bertz CT molecular complexity index is 1040. The zero-order chi connectivity index (χ0) is 20.3. The van der Waals surface area contributed by atoms with Gasteiger partial charge >= 0.3 is 0 Å². The minimum atomic E-state index is -0.875. The predicted molar refractivity (Wildman–Crippen MR) is 106 cm³/mol. The van der Waals surface area contributed by atoms with Crippen molar-refractivity contribution in [1.29, 1.82) is 5.26 Å². The molecule has 3 rings (SSSR count). The van der Waals surface area contributed by atoms with Crippen LogP contribution in [0.15, 0.2) is 47.4 Å². The summed E-state index contributed by atoms with van der Waals surface area (Å²) < 4.78 is 5.72. The van der Waals surface area contributed by atoms with Crippen molar-refractivity contribution < 1.29 is 14.6 Å². The predicted octanol–water partition coefficient (Wildman–Crippen LogP) is 4.14. The van der Waals surface area contributed by atoms with Gasteiger partial charge in [-0.25, -0.2) is 0 Å². The monoisotopic (exact) mass is 396 g/mol. The molecular formula is C20H17ClN4O3. The Balaban J connectivity index is 1.94. The molecule has 7 nitrogen and oxygen atoms in total. The van der Waals surface area contributed by atoms with E-state index in [0.717, 1.165) is 0 Å². The summed E-state index contributed by atoms with van der Waals surface area (Å²) in [5.41, 5.74) is 2.05. The summed E-state index contributed by atoms with van der Waals surface area (Å²) in [6.07, 6.45) is 0.653. The van der Waals surface area contributed by atoms with Crippen LogP contribution in [0.25, 0.3) is 17.5 Å². The maximum Gasteiger partial charge on any atom is 0.247 e. The van der Waals surface area contributed by atoms with Crippen molar-refractivity contribution in [2.75, 3.05) is 5.32 Å². The molecule has 28 heavy (non-hydrogen) atoms. The van der Waals surface area contributed by atoms with Crippen LogP contribution in [0.3, 0.4) is 0 Å². The zero-order valence-electron chi connectivity index (χ0n) is 14.9. The molecule has 0 bridgehead atoms. The average Bonchev–Trinajstić information content (AvgIpc) is 3.16. The minimum Gasteiger partial charge on any atom is -0.508 e. The van der Waals surface area contributed by atoms with Crippen molar-refractivity contribution in [3.8, 4) is 23.3 Å². The third-order valence-electron chi connectivity index (χ3n) is 4.12. The Morgan fingerprint density at radius 3 is 2.57 bits per heavy atom. The van der Waals surface area contributed by atoms with Gasteiger partial charge in [-0.2, -0.15) is 5.26 Å². The highest BCUT2D eigenvalue weighted by atomic mass is 35.5. The van der Waals surface area contributed by atoms with E-state index in [1.807, 2.05) is 6.07 Å². The van der Waals surface area contributed by atoms with Gasteiger partial charge in [0.1, 0.15) is 17.9 Å². The molecule has 0 unspecified atom stereocenters. The number of aliphatic hydroxyl groups excluding tert-OH is 1. The fourth-order valence-corrected chi connectivity index (χ4v) is 2.93. The topological polar surface area (TPSA) is 115 Å². The van der Waals surface area contributed by atoms with Gasteiger partial charge in [0.25, 0.3) is 0 Å². The van der Waals surface area contributed by atoms with Crippen LogP contribution in [0.5, 0.6) is 5.75 Å². The number of hydrogen-bond acceptors (Lipinski definition) is 7. The number of hydrogen-bond donors (Lipinski definition) is 3. The van der Waals surface area contributed by atoms with Crippen molar-refractivity contribution in [2.24, 2.45) is 0 Å². The number of halogens is 1. The minimum absolute atomic E-state index is 0.127. The molecule has 142 valence electrons. The summed E-state index contributed by atoms with van der Waals surface area (Å²) in [4.78, 5) is 0. The molecule has 3 aromatic rings. The van der Waals surface area contributed by atoms with E-state index < -0.39 is 12.1 Å². The van der Waals surface area contributed by atoms with Crippen LogP contribution in [0, 0.1) is 11.3 Å². The molecule has 0 spiro atoms. The van der Waals surface area contributed by atoms with Crippen LogP contribution in [-0.4, -0.2) is 26.5 Å². The molecule has 2 aromatic carbocycles. The van der Waals surface area contributed by atoms with Gasteiger partial charge in [0.05, 0.1) is 16.7 Å². The smallest absolute Gasteiger partial charge is 0.247 e. The van der Waals surface area contributed by atoms with E-state index in [4.69, 9.17) is 21.3 Å². The number of anilines is 1. The first-order valence-corrected chi connectivity index (χ1v) is 8.74. The number of phenols is 1. The van der Waals surface area contributed by atoms with Crippen molar-refractivity contribution in [1.82, 2.24) is 10.2 Å². The van der Waals surface area contributed by atoms with E-state index >= 15 is 0 Å². The summed E-state index contributed by atoms with van der Waals surface area (Å²) in [6.45, 7) is 5.32. The largest absolute Gasteiger partial charge is 0.508 e. The van der Waals surface area contributed by atoms with Crippen molar-refractivity contribution in [3.63, 3.8) is 0 Å². The van der Waals surface area contributed by atoms with E-state index in [1.54, 1.807) is 31.2 Å². The van der Waals surface area contributed by atoms with Gasteiger partial charge in [0.15, 0.2) is 0 Å². The van der Waals surface area contributed by atoms with Crippen LogP contribution in [-0.2, 0) is 0 Å². The van der Waals surface area contributed by atoms with Crippen molar-refractivity contribution >= 4 is 23.4 Å². The highest BCUT2D eigenvalue weighted by Gasteiger charge is 2.25. The molecule has 2 atom stereocenters. The van der Waals surface area contributed by atoms with E-state index in [2.05, 4.69) is 22.1 Å². The molecule has 0 radical (unpaired) electrons. The average molecular weight is 397 g/mol. The second kappa shape index (κ2) is 8.13. The molecule has 3 N–H and O–H groups in total. The summed E-state index contributed by atoms with van der Waals surface area (Å²) in [7, 11) is 0. The van der Waals surface area contributed by atoms with Gasteiger partial charge in [-0.1, -0.05) is 24.3 Å². The quantitative estimate of drug-likeness (QED) is 0.573. The number of nitrogens with one attached hydrogen (secondary N) is 1. The lowest BCUT2D eigenvalue weighted by Crippen LogP contribution is -2.23. The van der Waals surface area contributed by atoms with Crippen molar-refractivity contribution in [2.45, 2.75) is 19.1 Å². The molecule has 1 aromatic heterocycles. The SMILES string of the molecule is C=Cc1c(N[C@@H](c2nnc(-c3ccc(O)cc3)o2)[C@H](C)O)ccc(C#N)c1Cl. The van der Waals surface area contributed by atoms with Gasteiger partial charge in [-0.3, -0.25) is 0 Å². The first-order valence-electron chi connectivity index (χ1n) is 8.37. The number of benzene rings is 2. The number of aromatic hydroxyl groups is 1. The van der Waals surface area contributed by atoms with E-state index in [-0.39, 0.29) is 22.6 Å². The Hall–Kier alpha value is -3.34. The molecule has 0 saturated heterocycles. The third-order valence-corrected chi connectivity index (χ3v) is 4.53. The Kier molecular flexibility index (Phi) is 5.64. The number of rotatable bonds is 6. The van der Waals surface area contributed by atoms with Crippen molar-refractivity contribution in [3.05, 3.63) is 65.0 Å². The first-order chi connectivity index (χ1) is 13.4. The first kappa shape index (κ1) is 19.4. The number of nitriles is 1. The fraction of sp³-hybridized carbons (Fsp3) is 0.150. The molecule has 0 fully saturated rings. The molecule has 1 heterocycles. The van der Waals surface area contributed by atoms with Gasteiger partial charge < -0.3 is 19.9 Å². The molecule has 0 amide bonds. The number of nitrogens with zero attached hydrogens (tertiary/aromatic N) is 3. The normalized spacial score (nSPS) is 12.8. The van der Waals surface area contributed by atoms with Gasteiger partial charge in [0, 0.05) is 16.8 Å². The fourth-order valence-electron chi connectivity index (χ4n) is 2.64. The second-order valence-electron chi connectivity index (χ2n) is 6.06. The highest BCUT2D eigenvalue weighted by Crippen LogP contribution is 2.33. The highest BCUT2D eigenvalue weighted by molar-refractivity contribution is 6.33. The Labute approximate surface area is 166 Å². The van der Waals surface area contributed by atoms with E-state index in [1.165, 1.54) is 18.2 Å². The summed E-state index contributed by atoms with van der Waals surface area (Å²) in [5.74, 6) is 0.555. The number of aliphatic hydroxyl groups is 1. The molecule has 0 aliphatic heterocycles. The summed E-state index contributed by atoms with van der Waals surface area (Å²) in [5, 5.41) is 40.2. The zero-order valence-corrected chi connectivity index (χ0v) is 15.7. The standard InChI is InChI=1S/C20H17ClN4O3/c1-3-15-16(9-6-13(10-22)17(15)21)23-18(11(2)26)20-25-24-19(28-20)12-4-7-14(27)8-5-12/h3-9,11,18,23,26-27H,1H2,2H3/t11-,18+/m0/s1. The molecule has 0 saturated carbocycles. The summed E-state index contributed by atoms with van der Waals surface area (Å²) >= 11 is 6.25. The lowest BCUT2D eigenvalue weighted by atomic mass is 10.1. The Morgan fingerprint density at radius 1 is 1.25 bits per heavy atom. The van der Waals surface area contributed by atoms with Crippen LogP contribution < -0.4 is 5.32 Å². The van der Waals surface area contributed by atoms with Gasteiger partial charge in [0.2, 0.25) is 11.8 Å². The lowest BCUT2D eigenvalue weighted by molar-refractivity contribution is 0.159. The van der Waals surface area contributed by atoms with Crippen LogP contribution in [0.4, 0.5) is 5.69 Å². The van der Waals surface area contributed by atoms with E-state index in [9.17, 15) is 10.2 Å². The maximum atomic E-state index is 10.2. The van der Waals surface area contributed by atoms with E-state index in [0.29, 0.717) is 22.4 Å². The van der Waals surface area contributed by atoms with Gasteiger partial charge in [-0.05, 0) is 43.3 Å². The van der Waals surface area contributed by atoms with Crippen LogP contribution in [0.2, 0.25) is 5.02 Å².